The van der Waals surface area contributed by atoms with E-state index in [1.54, 1.807) is 0 Å². The minimum Gasteiger partial charge on any atom is -0.480 e. The van der Waals surface area contributed by atoms with Crippen LogP contribution in [0.2, 0.25) is 0 Å². The van der Waals surface area contributed by atoms with Crippen LogP contribution in [0.25, 0.3) is 0 Å². The molecule has 0 aliphatic carbocycles. The zero-order valence-electron chi connectivity index (χ0n) is 20.0. The molecule has 0 heterocycles. The van der Waals surface area contributed by atoms with Crippen LogP contribution in [0.4, 0.5) is 57.1 Å². The van der Waals surface area contributed by atoms with Gasteiger partial charge in [0.05, 0.1) is 32.9 Å². The van der Waals surface area contributed by atoms with Crippen LogP contribution >= 0.6 is 0 Å². The first-order valence-electron chi connectivity index (χ1n) is 10.2. The van der Waals surface area contributed by atoms with Gasteiger partial charge in [0.15, 0.2) is 0 Å². The van der Waals surface area contributed by atoms with E-state index in [0.717, 1.165) is 0 Å². The van der Waals surface area contributed by atoms with E-state index in [1.807, 2.05) is 0 Å². The quantitative estimate of drug-likeness (QED) is 0.147. The van der Waals surface area contributed by atoms with Crippen LogP contribution in [0.15, 0.2) is 0 Å². The van der Waals surface area contributed by atoms with E-state index in [1.165, 1.54) is 14.1 Å². The van der Waals surface area contributed by atoms with Crippen molar-refractivity contribution in [2.24, 2.45) is 0 Å². The second kappa shape index (κ2) is 11.6. The lowest BCUT2D eigenvalue weighted by atomic mass is 9.98. The summed E-state index contributed by atoms with van der Waals surface area (Å²) in [5.41, 5.74) is 0. The Morgan fingerprint density at radius 3 is 1.50 bits per heavy atom. The van der Waals surface area contributed by atoms with Crippen LogP contribution in [0.3, 0.4) is 0 Å². The Balaban J connectivity index is 6.32. The van der Waals surface area contributed by atoms with Gasteiger partial charge in [-0.25, -0.2) is 8.42 Å². The van der Waals surface area contributed by atoms with E-state index in [-0.39, 0.29) is 17.4 Å². The van der Waals surface area contributed by atoms with Gasteiger partial charge >= 0.3 is 41.1 Å². The second-order valence-electron chi connectivity index (χ2n) is 8.92. The summed E-state index contributed by atoms with van der Waals surface area (Å²) in [6.07, 6.45) is -8.74. The summed E-state index contributed by atoms with van der Waals surface area (Å²) in [4.78, 5) is 10.9. The number of carboxylic acids is 1. The maximum Gasteiger partial charge on any atom is 0.460 e. The van der Waals surface area contributed by atoms with Crippen molar-refractivity contribution in [1.82, 2.24) is 4.31 Å². The molecule has 40 heavy (non-hydrogen) atoms. The van der Waals surface area contributed by atoms with E-state index >= 15 is 0 Å². The zero-order chi connectivity index (χ0) is 32.6. The molecular formula is C16H22F13N2O7S2+. The molecule has 0 aliphatic heterocycles. The Hall–Kier alpha value is -1.66. The number of halogens is 13. The van der Waals surface area contributed by atoms with Crippen molar-refractivity contribution >= 4 is 26.1 Å². The van der Waals surface area contributed by atoms with Gasteiger partial charge in [0.2, 0.25) is 0 Å². The van der Waals surface area contributed by atoms with Crippen molar-refractivity contribution in [1.29, 1.82) is 0 Å². The number of aliphatic carboxylic acids is 1. The molecule has 0 spiro atoms. The topological polar surface area (TPSA) is 129 Å². The molecule has 0 saturated heterocycles. The molecule has 9 nitrogen and oxygen atoms in total. The number of carbonyl (C=O) groups is 1. The molecule has 0 unspecified atom stereocenters. The molecule has 0 aromatic heterocycles. The smallest absolute Gasteiger partial charge is 0.460 e. The number of hydrogen-bond acceptors (Lipinski definition) is 5. The summed E-state index contributed by atoms with van der Waals surface area (Å²) in [6, 6.07) is 0. The standard InChI is InChI=1S/C16H21F13N2O7S2/c1-31(2,7-4-8-39(34,35)36)6-3-5-30(9-10(32)33)40(37,38)16(28,29)14(23,24)12(19,20)11(17,18)13(21,22)15(25,26)27/h3-9H2,1-2H3,(H-,32,33,34,35,36)/p+1. The van der Waals surface area contributed by atoms with Gasteiger partial charge in [-0.15, -0.1) is 0 Å². The molecule has 0 saturated carbocycles. The first kappa shape index (κ1) is 38.3. The summed E-state index contributed by atoms with van der Waals surface area (Å²) in [7, 11) is -9.38. The zero-order valence-corrected chi connectivity index (χ0v) is 21.6. The SMILES string of the molecule is C[N+](C)(CCCN(CC(=O)O)S(=O)(=O)C(F)(F)C(F)(F)C(F)(F)C(F)(F)C(F)(F)C(F)(F)F)CCCS(=O)(=O)O. The van der Waals surface area contributed by atoms with Crippen LogP contribution in [0.5, 0.6) is 0 Å². The minimum atomic E-state index is -8.39. The van der Waals surface area contributed by atoms with E-state index in [4.69, 9.17) is 9.66 Å². The van der Waals surface area contributed by atoms with Crippen LogP contribution in [0, 0.1) is 0 Å². The highest BCUT2D eigenvalue weighted by Crippen LogP contribution is 2.61. The first-order valence-corrected chi connectivity index (χ1v) is 13.2. The number of sulfonamides is 1. The lowest BCUT2D eigenvalue weighted by Crippen LogP contribution is -2.72. The van der Waals surface area contributed by atoms with Crippen molar-refractivity contribution in [2.75, 3.05) is 46.0 Å². The van der Waals surface area contributed by atoms with E-state index < -0.39 is 97.3 Å². The van der Waals surface area contributed by atoms with Crippen LogP contribution in [0.1, 0.15) is 12.8 Å². The molecule has 0 aromatic rings. The molecule has 0 aromatic carbocycles. The number of nitrogens with zero attached hydrogens (tertiary/aromatic N) is 2. The van der Waals surface area contributed by atoms with Gasteiger partial charge in [0, 0.05) is 19.4 Å². The molecule has 24 heteroatoms. The van der Waals surface area contributed by atoms with E-state index in [9.17, 15) is 78.7 Å². The van der Waals surface area contributed by atoms with Crippen LogP contribution < -0.4 is 0 Å². The lowest BCUT2D eigenvalue weighted by Gasteiger charge is -2.40. The number of alkyl halides is 13. The minimum absolute atomic E-state index is 0.144. The average Bonchev–Trinajstić information content (AvgIpc) is 2.69. The summed E-state index contributed by atoms with van der Waals surface area (Å²) >= 11 is 0. The lowest BCUT2D eigenvalue weighted by molar-refractivity contribution is -0.890. The number of quaternary nitrogens is 1. The summed E-state index contributed by atoms with van der Waals surface area (Å²) in [5.74, 6) is -36.2. The van der Waals surface area contributed by atoms with Gasteiger partial charge in [-0.1, -0.05) is 0 Å². The maximum atomic E-state index is 14.3. The Bertz CT molecular complexity index is 1120. The third-order valence-corrected chi connectivity index (χ3v) is 7.92. The maximum absolute atomic E-state index is 14.3. The predicted molar refractivity (Wildman–Crippen MR) is 106 cm³/mol. The highest BCUT2D eigenvalue weighted by atomic mass is 32.2. The van der Waals surface area contributed by atoms with Crippen molar-refractivity contribution in [3.63, 3.8) is 0 Å². The molecule has 0 radical (unpaired) electrons. The van der Waals surface area contributed by atoms with E-state index in [0.29, 0.717) is 0 Å². The molecule has 2 N–H and O–H groups in total. The van der Waals surface area contributed by atoms with E-state index in [2.05, 4.69) is 0 Å². The van der Waals surface area contributed by atoms with Gasteiger partial charge in [-0.2, -0.15) is 69.8 Å². The van der Waals surface area contributed by atoms with Crippen molar-refractivity contribution in [3.8, 4) is 0 Å². The Morgan fingerprint density at radius 1 is 0.725 bits per heavy atom. The molecule has 0 atom stereocenters. The monoisotopic (exact) mass is 665 g/mol. The third kappa shape index (κ3) is 7.59. The summed E-state index contributed by atoms with van der Waals surface area (Å²) in [6.45, 7) is -4.30. The van der Waals surface area contributed by atoms with Gasteiger partial charge in [-0.3, -0.25) is 9.35 Å². The van der Waals surface area contributed by atoms with Gasteiger partial charge in [0.25, 0.3) is 20.1 Å². The molecular weight excluding hydrogens is 643 g/mol. The second-order valence-corrected chi connectivity index (χ2v) is 12.5. The van der Waals surface area contributed by atoms with Crippen LogP contribution in [-0.2, 0) is 24.9 Å². The molecule has 0 aliphatic rings. The highest BCUT2D eigenvalue weighted by molar-refractivity contribution is 7.90. The van der Waals surface area contributed by atoms with Gasteiger partial charge in [0.1, 0.15) is 6.54 Å². The van der Waals surface area contributed by atoms with Crippen molar-refractivity contribution in [3.05, 3.63) is 0 Å². The first-order chi connectivity index (χ1) is 17.2. The van der Waals surface area contributed by atoms with Gasteiger partial charge < -0.3 is 9.59 Å². The largest absolute Gasteiger partial charge is 0.480 e. The Morgan fingerprint density at radius 2 is 1.12 bits per heavy atom. The van der Waals surface area contributed by atoms with Crippen LogP contribution in [-0.4, -0.2) is 122 Å². The van der Waals surface area contributed by atoms with Gasteiger partial charge in [-0.05, 0) is 0 Å². The average molecular weight is 665 g/mol. The number of carboxylic acid groups (broad SMARTS) is 1. The van der Waals surface area contributed by atoms with Crippen molar-refractivity contribution < 1.29 is 92.8 Å². The Kier molecular flexibility index (Phi) is 11.1. The van der Waals surface area contributed by atoms with Crippen molar-refractivity contribution in [2.45, 2.75) is 48.0 Å². The summed E-state index contributed by atoms with van der Waals surface area (Å²) < 4.78 is 227. The summed E-state index contributed by atoms with van der Waals surface area (Å²) in [5, 5.41) is 1.16. The fourth-order valence-electron chi connectivity index (χ4n) is 2.98. The molecule has 0 amide bonds. The Labute approximate surface area is 217 Å². The molecule has 0 bridgehead atoms. The fourth-order valence-corrected chi connectivity index (χ4v) is 4.90. The molecule has 240 valence electrons. The normalized spacial score (nSPS) is 15.5. The third-order valence-electron chi connectivity index (χ3n) is 5.22. The molecule has 0 fully saturated rings. The molecule has 0 rings (SSSR count). The highest BCUT2D eigenvalue weighted by Gasteiger charge is 2.92. The fraction of sp³-hybridized carbons (Fsp3) is 0.938. The predicted octanol–water partition coefficient (Wildman–Crippen LogP) is 3.14. The number of rotatable bonds is 16. The number of hydrogen-bond donors (Lipinski definition) is 2.